The van der Waals surface area contributed by atoms with Crippen molar-refractivity contribution in [3.8, 4) is 11.4 Å². The van der Waals surface area contributed by atoms with Crippen molar-refractivity contribution in [2.75, 3.05) is 5.75 Å². The SMILES string of the molecule is O=S(=O)(CC1CC(Cl)C1)NCc1nc(-c2ccncc2)n[nH]1. The molecule has 0 amide bonds. The minimum absolute atomic E-state index is 0.0947. The van der Waals surface area contributed by atoms with Gasteiger partial charge in [-0.25, -0.2) is 18.1 Å². The first-order chi connectivity index (χ1) is 10.5. The largest absolute Gasteiger partial charge is 0.265 e. The van der Waals surface area contributed by atoms with Crippen molar-refractivity contribution < 1.29 is 8.42 Å². The minimum Gasteiger partial charge on any atom is -0.265 e. The Balaban J connectivity index is 1.56. The fraction of sp³-hybridized carbons (Fsp3) is 0.462. The van der Waals surface area contributed by atoms with Crippen molar-refractivity contribution in [3.05, 3.63) is 30.4 Å². The summed E-state index contributed by atoms with van der Waals surface area (Å²) in [4.78, 5) is 8.19. The van der Waals surface area contributed by atoms with Crippen LogP contribution in [0.3, 0.4) is 0 Å². The molecule has 1 aliphatic carbocycles. The summed E-state index contributed by atoms with van der Waals surface area (Å²) in [6.07, 6.45) is 4.82. The highest BCUT2D eigenvalue weighted by Crippen LogP contribution is 2.32. The van der Waals surface area contributed by atoms with Crippen LogP contribution >= 0.6 is 11.6 Å². The molecule has 0 spiro atoms. The molecule has 0 aromatic carbocycles. The molecule has 0 atom stereocenters. The number of nitrogens with one attached hydrogen (secondary N) is 2. The topological polar surface area (TPSA) is 101 Å². The lowest BCUT2D eigenvalue weighted by molar-refractivity contribution is 0.354. The lowest BCUT2D eigenvalue weighted by Crippen LogP contribution is -2.36. The summed E-state index contributed by atoms with van der Waals surface area (Å²) in [5.74, 6) is 1.25. The number of rotatable bonds is 6. The van der Waals surface area contributed by atoms with Crippen LogP contribution in [0, 0.1) is 5.92 Å². The van der Waals surface area contributed by atoms with Crippen LogP contribution in [0.4, 0.5) is 0 Å². The molecule has 2 aromatic rings. The lowest BCUT2D eigenvalue weighted by Gasteiger charge is -2.30. The van der Waals surface area contributed by atoms with Crippen molar-refractivity contribution in [1.82, 2.24) is 24.9 Å². The second kappa shape index (κ2) is 6.31. The Morgan fingerprint density at radius 1 is 1.32 bits per heavy atom. The van der Waals surface area contributed by atoms with Crippen molar-refractivity contribution >= 4 is 21.6 Å². The van der Waals surface area contributed by atoms with Crippen molar-refractivity contribution in [3.63, 3.8) is 0 Å². The lowest BCUT2D eigenvalue weighted by atomic mass is 9.87. The average Bonchev–Trinajstić information content (AvgIpc) is 2.93. The third kappa shape index (κ3) is 3.82. The first kappa shape index (κ1) is 15.4. The number of H-pyrrole nitrogens is 1. The van der Waals surface area contributed by atoms with E-state index in [9.17, 15) is 8.42 Å². The zero-order valence-corrected chi connectivity index (χ0v) is 13.3. The van der Waals surface area contributed by atoms with E-state index in [4.69, 9.17) is 11.6 Å². The predicted molar refractivity (Wildman–Crippen MR) is 82.6 cm³/mol. The van der Waals surface area contributed by atoms with Gasteiger partial charge in [-0.05, 0) is 30.9 Å². The number of halogens is 1. The van der Waals surface area contributed by atoms with Gasteiger partial charge in [0.25, 0.3) is 0 Å². The fourth-order valence-corrected chi connectivity index (χ4v) is 4.21. The standard InChI is InChI=1S/C13H16ClN5O2S/c14-11-5-9(6-11)8-22(20,21)16-7-12-17-13(19-18-12)10-1-3-15-4-2-10/h1-4,9,11,16H,5-8H2,(H,17,18,19). The fourth-order valence-electron chi connectivity index (χ4n) is 2.34. The van der Waals surface area contributed by atoms with Gasteiger partial charge in [0, 0.05) is 23.3 Å². The normalized spacial score (nSPS) is 21.5. The van der Waals surface area contributed by atoms with Gasteiger partial charge in [0.15, 0.2) is 5.82 Å². The molecule has 1 saturated carbocycles. The molecule has 0 saturated heterocycles. The van der Waals surface area contributed by atoms with Crippen LogP contribution in [0.5, 0.6) is 0 Å². The van der Waals surface area contributed by atoms with Crippen LogP contribution in [-0.4, -0.2) is 39.7 Å². The van der Waals surface area contributed by atoms with Gasteiger partial charge in [0.2, 0.25) is 10.0 Å². The Hall–Kier alpha value is -1.51. The molecular weight excluding hydrogens is 326 g/mol. The summed E-state index contributed by atoms with van der Waals surface area (Å²) in [5.41, 5.74) is 0.822. The van der Waals surface area contributed by atoms with E-state index in [1.165, 1.54) is 0 Å². The van der Waals surface area contributed by atoms with E-state index in [1.807, 2.05) is 0 Å². The smallest absolute Gasteiger partial charge is 0.212 e. The number of hydrogen-bond acceptors (Lipinski definition) is 5. The quantitative estimate of drug-likeness (QED) is 0.771. The van der Waals surface area contributed by atoms with Gasteiger partial charge in [-0.1, -0.05) is 0 Å². The maximum absolute atomic E-state index is 12.0. The van der Waals surface area contributed by atoms with Gasteiger partial charge in [-0.15, -0.1) is 11.6 Å². The van der Waals surface area contributed by atoms with E-state index in [2.05, 4.69) is 24.9 Å². The third-order valence-corrected chi connectivity index (χ3v) is 5.41. The van der Waals surface area contributed by atoms with E-state index < -0.39 is 10.0 Å². The second-order valence-electron chi connectivity index (χ2n) is 5.38. The molecule has 2 heterocycles. The highest BCUT2D eigenvalue weighted by atomic mass is 35.5. The monoisotopic (exact) mass is 341 g/mol. The van der Waals surface area contributed by atoms with Gasteiger partial charge >= 0.3 is 0 Å². The van der Waals surface area contributed by atoms with E-state index in [-0.39, 0.29) is 23.6 Å². The summed E-state index contributed by atoms with van der Waals surface area (Å²) < 4.78 is 26.5. The molecule has 1 fully saturated rings. The summed E-state index contributed by atoms with van der Waals surface area (Å²) >= 11 is 5.86. The molecular formula is C13H16ClN5O2S. The van der Waals surface area contributed by atoms with E-state index in [0.29, 0.717) is 11.6 Å². The molecule has 9 heteroatoms. The molecule has 1 aliphatic rings. The van der Waals surface area contributed by atoms with Gasteiger partial charge in [0.05, 0.1) is 12.3 Å². The third-order valence-electron chi connectivity index (χ3n) is 3.56. The van der Waals surface area contributed by atoms with Crippen LogP contribution in [0.2, 0.25) is 0 Å². The molecule has 0 unspecified atom stereocenters. The van der Waals surface area contributed by atoms with Crippen molar-refractivity contribution in [2.45, 2.75) is 24.8 Å². The highest BCUT2D eigenvalue weighted by Gasteiger charge is 2.31. The Morgan fingerprint density at radius 3 is 2.73 bits per heavy atom. The van der Waals surface area contributed by atoms with E-state index >= 15 is 0 Å². The van der Waals surface area contributed by atoms with Gasteiger partial charge < -0.3 is 0 Å². The zero-order valence-electron chi connectivity index (χ0n) is 11.7. The van der Waals surface area contributed by atoms with Crippen LogP contribution < -0.4 is 4.72 Å². The van der Waals surface area contributed by atoms with E-state index in [1.54, 1.807) is 24.5 Å². The minimum atomic E-state index is -3.33. The molecule has 0 aliphatic heterocycles. The molecule has 118 valence electrons. The predicted octanol–water partition coefficient (Wildman–Crippen LogP) is 1.30. The summed E-state index contributed by atoms with van der Waals surface area (Å²) in [6, 6.07) is 3.58. The van der Waals surface area contributed by atoms with Gasteiger partial charge in [-0.3, -0.25) is 10.1 Å². The number of alkyl halides is 1. The number of pyridine rings is 1. The Kier molecular flexibility index (Phi) is 4.42. The summed E-state index contributed by atoms with van der Waals surface area (Å²) in [7, 11) is -3.33. The van der Waals surface area contributed by atoms with Crippen LogP contribution in [-0.2, 0) is 16.6 Å². The van der Waals surface area contributed by atoms with Crippen LogP contribution in [0.25, 0.3) is 11.4 Å². The Labute approximate surface area is 133 Å². The van der Waals surface area contributed by atoms with Crippen LogP contribution in [0.15, 0.2) is 24.5 Å². The number of aromatic nitrogens is 4. The summed E-state index contributed by atoms with van der Waals surface area (Å²) in [5, 5.41) is 6.93. The van der Waals surface area contributed by atoms with Gasteiger partial charge in [0.1, 0.15) is 5.82 Å². The molecule has 2 aromatic heterocycles. The molecule has 7 nitrogen and oxygen atoms in total. The number of aromatic amines is 1. The first-order valence-corrected chi connectivity index (χ1v) is 9.04. The van der Waals surface area contributed by atoms with Crippen molar-refractivity contribution in [1.29, 1.82) is 0 Å². The van der Waals surface area contributed by atoms with Crippen molar-refractivity contribution in [2.24, 2.45) is 5.92 Å². The molecule has 2 N–H and O–H groups in total. The second-order valence-corrected chi connectivity index (χ2v) is 7.85. The molecule has 0 radical (unpaired) electrons. The maximum atomic E-state index is 12.0. The average molecular weight is 342 g/mol. The zero-order chi connectivity index (χ0) is 15.6. The molecule has 3 rings (SSSR count). The van der Waals surface area contributed by atoms with Crippen LogP contribution in [0.1, 0.15) is 18.7 Å². The highest BCUT2D eigenvalue weighted by molar-refractivity contribution is 7.89. The Bertz CT molecular complexity index is 728. The summed E-state index contributed by atoms with van der Waals surface area (Å²) in [6.45, 7) is 0.0947. The number of hydrogen-bond donors (Lipinski definition) is 2. The first-order valence-electron chi connectivity index (χ1n) is 6.95. The molecule has 0 bridgehead atoms. The van der Waals surface area contributed by atoms with Gasteiger partial charge in [-0.2, -0.15) is 5.10 Å². The number of sulfonamides is 1. The number of nitrogens with zero attached hydrogens (tertiary/aromatic N) is 3. The maximum Gasteiger partial charge on any atom is 0.212 e. The van der Waals surface area contributed by atoms with E-state index in [0.717, 1.165) is 18.4 Å². The Morgan fingerprint density at radius 2 is 2.05 bits per heavy atom. The molecule has 22 heavy (non-hydrogen) atoms.